The smallest absolute Gasteiger partial charge is 0.0794 e. The predicted molar refractivity (Wildman–Crippen MR) is 83.5 cm³/mol. The van der Waals surface area contributed by atoms with Crippen LogP contribution in [0, 0.1) is 0 Å². The average Bonchev–Trinajstić information content (AvgIpc) is 3.18. The summed E-state index contributed by atoms with van der Waals surface area (Å²) in [5, 5.41) is 0. The minimum absolute atomic E-state index is 0.167. The number of nitrogens with one attached hydrogen (secondary N) is 1. The van der Waals surface area contributed by atoms with Gasteiger partial charge in [0.1, 0.15) is 0 Å². The van der Waals surface area contributed by atoms with Gasteiger partial charge in [-0.05, 0) is 18.4 Å². The van der Waals surface area contributed by atoms with Crippen LogP contribution in [0.25, 0.3) is 0 Å². The minimum Gasteiger partial charge on any atom is -0.271 e. The maximum atomic E-state index is 5.93. The summed E-state index contributed by atoms with van der Waals surface area (Å²) in [6.45, 7) is 0. The van der Waals surface area contributed by atoms with Crippen molar-refractivity contribution in [2.24, 2.45) is 5.84 Å². The van der Waals surface area contributed by atoms with E-state index in [0.717, 1.165) is 6.42 Å². The second kappa shape index (κ2) is 6.04. The Hall–Kier alpha value is -1.23. The van der Waals surface area contributed by atoms with Crippen molar-refractivity contribution in [2.45, 2.75) is 43.6 Å². The number of hydrogen-bond donors (Lipinski definition) is 2. The van der Waals surface area contributed by atoms with Crippen molar-refractivity contribution in [2.75, 3.05) is 0 Å². The predicted octanol–water partition coefficient (Wildman–Crippen LogP) is 3.03. The number of benzene rings is 1. The van der Waals surface area contributed by atoms with Crippen LogP contribution in [0.4, 0.5) is 0 Å². The summed E-state index contributed by atoms with van der Waals surface area (Å²) in [4.78, 5) is 5.48. The molecule has 106 valence electrons. The van der Waals surface area contributed by atoms with Crippen LogP contribution in [0.3, 0.4) is 0 Å². The molecule has 0 radical (unpaired) electrons. The lowest BCUT2D eigenvalue weighted by Crippen LogP contribution is -2.51. The number of hydrogen-bond acceptors (Lipinski definition) is 4. The molecule has 0 aliphatic heterocycles. The van der Waals surface area contributed by atoms with Crippen LogP contribution in [0.1, 0.15) is 36.1 Å². The fraction of sp³-hybridized carbons (Fsp3) is 0.438. The zero-order valence-electron chi connectivity index (χ0n) is 11.6. The van der Waals surface area contributed by atoms with Gasteiger partial charge in [-0.25, -0.2) is 0 Å². The molecular weight excluding hydrogens is 266 g/mol. The molecule has 1 fully saturated rings. The Bertz CT molecular complexity index is 518. The Kier molecular flexibility index (Phi) is 4.15. The van der Waals surface area contributed by atoms with Gasteiger partial charge >= 0.3 is 0 Å². The van der Waals surface area contributed by atoms with Gasteiger partial charge in [0.15, 0.2) is 0 Å². The lowest BCUT2D eigenvalue weighted by molar-refractivity contribution is 0.297. The standard InChI is InChI=1S/C16H21N3S/c17-19-15(10-14-11-18-12-20-14)16(8-4-5-9-16)13-6-2-1-3-7-13/h1-3,6-7,11-12,15,19H,4-5,8-10,17H2. The number of nitrogens with two attached hydrogens (primary N) is 1. The van der Waals surface area contributed by atoms with Crippen LogP contribution < -0.4 is 11.3 Å². The summed E-state index contributed by atoms with van der Waals surface area (Å²) in [5.74, 6) is 5.93. The topological polar surface area (TPSA) is 50.9 Å². The van der Waals surface area contributed by atoms with E-state index in [2.05, 4.69) is 40.7 Å². The molecule has 2 aromatic rings. The number of rotatable bonds is 5. The van der Waals surface area contributed by atoms with Crippen LogP contribution in [0.15, 0.2) is 42.0 Å². The van der Waals surface area contributed by atoms with Gasteiger partial charge in [0, 0.05) is 29.0 Å². The van der Waals surface area contributed by atoms with Crippen LogP contribution in [-0.2, 0) is 11.8 Å². The quantitative estimate of drug-likeness (QED) is 0.656. The third kappa shape index (κ3) is 2.51. The first-order valence-electron chi connectivity index (χ1n) is 7.24. The number of thiazole rings is 1. The van der Waals surface area contributed by atoms with Crippen molar-refractivity contribution in [1.82, 2.24) is 10.4 Å². The number of nitrogens with zero attached hydrogens (tertiary/aromatic N) is 1. The van der Waals surface area contributed by atoms with Gasteiger partial charge in [-0.1, -0.05) is 43.2 Å². The van der Waals surface area contributed by atoms with E-state index in [-0.39, 0.29) is 11.5 Å². The molecule has 0 saturated heterocycles. The Morgan fingerprint density at radius 3 is 2.60 bits per heavy atom. The van der Waals surface area contributed by atoms with Crippen molar-refractivity contribution in [3.05, 3.63) is 52.5 Å². The van der Waals surface area contributed by atoms with Crippen molar-refractivity contribution in [3.8, 4) is 0 Å². The summed E-state index contributed by atoms with van der Waals surface area (Å²) in [5.41, 5.74) is 6.58. The first-order chi connectivity index (χ1) is 9.85. The molecule has 1 aliphatic rings. The maximum Gasteiger partial charge on any atom is 0.0794 e. The number of aromatic nitrogens is 1. The molecule has 0 bridgehead atoms. The van der Waals surface area contributed by atoms with Gasteiger partial charge in [0.2, 0.25) is 0 Å². The zero-order chi connectivity index (χ0) is 13.8. The highest BCUT2D eigenvalue weighted by atomic mass is 32.1. The Labute approximate surface area is 124 Å². The van der Waals surface area contributed by atoms with Gasteiger partial charge in [0.25, 0.3) is 0 Å². The van der Waals surface area contributed by atoms with Crippen LogP contribution >= 0.6 is 11.3 Å². The molecule has 1 unspecified atom stereocenters. The SMILES string of the molecule is NNC(Cc1cncs1)C1(c2ccccc2)CCCC1. The van der Waals surface area contributed by atoms with Gasteiger partial charge in [-0.15, -0.1) is 11.3 Å². The van der Waals surface area contributed by atoms with Crippen molar-refractivity contribution in [3.63, 3.8) is 0 Å². The lowest BCUT2D eigenvalue weighted by atomic mass is 9.71. The molecule has 1 aromatic heterocycles. The van der Waals surface area contributed by atoms with E-state index in [0.29, 0.717) is 0 Å². The Morgan fingerprint density at radius 1 is 1.25 bits per heavy atom. The summed E-state index contributed by atoms with van der Waals surface area (Å²) in [6.07, 6.45) is 7.92. The second-order valence-corrected chi connectivity index (χ2v) is 6.59. The van der Waals surface area contributed by atoms with E-state index in [1.54, 1.807) is 11.3 Å². The summed E-state index contributed by atoms with van der Waals surface area (Å²) >= 11 is 1.71. The van der Waals surface area contributed by atoms with E-state index < -0.39 is 0 Å². The fourth-order valence-electron chi connectivity index (χ4n) is 3.57. The minimum atomic E-state index is 0.167. The molecule has 1 saturated carbocycles. The zero-order valence-corrected chi connectivity index (χ0v) is 12.4. The summed E-state index contributed by atoms with van der Waals surface area (Å²) in [6, 6.07) is 11.1. The van der Waals surface area contributed by atoms with Crippen molar-refractivity contribution >= 4 is 11.3 Å². The second-order valence-electron chi connectivity index (χ2n) is 5.62. The molecule has 20 heavy (non-hydrogen) atoms. The Morgan fingerprint density at radius 2 is 2.00 bits per heavy atom. The third-order valence-electron chi connectivity index (χ3n) is 4.60. The maximum absolute atomic E-state index is 5.93. The van der Waals surface area contributed by atoms with Gasteiger partial charge in [-0.3, -0.25) is 16.3 Å². The van der Waals surface area contributed by atoms with Gasteiger partial charge < -0.3 is 0 Å². The molecule has 0 amide bonds. The molecule has 1 aromatic carbocycles. The number of hydrazine groups is 1. The summed E-state index contributed by atoms with van der Waals surface area (Å²) < 4.78 is 0. The first-order valence-corrected chi connectivity index (χ1v) is 8.12. The molecule has 1 aliphatic carbocycles. The first kappa shape index (κ1) is 13.7. The molecule has 4 heteroatoms. The lowest BCUT2D eigenvalue weighted by Gasteiger charge is -2.38. The molecular formula is C16H21N3S. The van der Waals surface area contributed by atoms with Crippen LogP contribution in [-0.4, -0.2) is 11.0 Å². The van der Waals surface area contributed by atoms with E-state index >= 15 is 0 Å². The molecule has 1 heterocycles. The molecule has 3 rings (SSSR count). The highest BCUT2D eigenvalue weighted by molar-refractivity contribution is 7.09. The molecule has 3 nitrogen and oxygen atoms in total. The van der Waals surface area contributed by atoms with E-state index in [4.69, 9.17) is 5.84 Å². The molecule has 3 N–H and O–H groups in total. The molecule has 1 atom stereocenters. The monoisotopic (exact) mass is 287 g/mol. The van der Waals surface area contributed by atoms with Gasteiger partial charge in [-0.2, -0.15) is 0 Å². The van der Waals surface area contributed by atoms with Crippen molar-refractivity contribution < 1.29 is 0 Å². The third-order valence-corrected chi connectivity index (χ3v) is 5.40. The highest BCUT2D eigenvalue weighted by Crippen LogP contribution is 2.44. The largest absolute Gasteiger partial charge is 0.271 e. The average molecular weight is 287 g/mol. The normalized spacial score (nSPS) is 19.1. The van der Waals surface area contributed by atoms with E-state index in [1.165, 1.54) is 36.1 Å². The van der Waals surface area contributed by atoms with E-state index in [1.807, 2.05) is 11.7 Å². The fourth-order valence-corrected chi connectivity index (χ4v) is 4.21. The Balaban J connectivity index is 1.92. The van der Waals surface area contributed by atoms with Crippen LogP contribution in [0.2, 0.25) is 0 Å². The van der Waals surface area contributed by atoms with Crippen molar-refractivity contribution in [1.29, 1.82) is 0 Å². The van der Waals surface area contributed by atoms with Gasteiger partial charge in [0.05, 0.1) is 5.51 Å². The van der Waals surface area contributed by atoms with E-state index in [9.17, 15) is 0 Å². The molecule has 0 spiro atoms. The summed E-state index contributed by atoms with van der Waals surface area (Å²) in [7, 11) is 0. The highest BCUT2D eigenvalue weighted by Gasteiger charge is 2.42. The van der Waals surface area contributed by atoms with Crippen LogP contribution in [0.5, 0.6) is 0 Å².